The van der Waals surface area contributed by atoms with Crippen LogP contribution in [0.4, 0.5) is 0 Å². The second-order valence-corrected chi connectivity index (χ2v) is 8.40. The molecule has 0 aliphatic carbocycles. The van der Waals surface area contributed by atoms with Crippen molar-refractivity contribution < 1.29 is 18.8 Å². The minimum Gasteiger partial charge on any atom is -0.399 e. The van der Waals surface area contributed by atoms with Crippen LogP contribution < -0.4 is 5.46 Å². The molecule has 2 fully saturated rings. The molecule has 3 rings (SSSR count). The lowest BCUT2D eigenvalue weighted by Crippen LogP contribution is -2.41. The first kappa shape index (κ1) is 19.2. The third kappa shape index (κ3) is 4.06. The summed E-state index contributed by atoms with van der Waals surface area (Å²) in [7, 11) is -0.470. The Labute approximate surface area is 156 Å². The van der Waals surface area contributed by atoms with Gasteiger partial charge in [-0.3, -0.25) is 0 Å². The third-order valence-electron chi connectivity index (χ3n) is 5.53. The number of benzene rings is 1. The van der Waals surface area contributed by atoms with Gasteiger partial charge in [0.05, 0.1) is 17.8 Å². The smallest absolute Gasteiger partial charge is 0.399 e. The fraction of sp³-hybridized carbons (Fsp3) is 0.684. The quantitative estimate of drug-likeness (QED) is 0.755. The summed E-state index contributed by atoms with van der Waals surface area (Å²) in [6.07, 6.45) is 3.12. The van der Waals surface area contributed by atoms with Gasteiger partial charge >= 0.3 is 7.12 Å². The van der Waals surface area contributed by atoms with Gasteiger partial charge in [0.1, 0.15) is 0 Å². The fourth-order valence-electron chi connectivity index (χ4n) is 3.07. The molecule has 0 bridgehead atoms. The Morgan fingerprint density at radius 2 is 1.84 bits per heavy atom. The molecular formula is C19H28BClO4. The van der Waals surface area contributed by atoms with Crippen molar-refractivity contribution in [3.8, 4) is 0 Å². The van der Waals surface area contributed by atoms with Crippen LogP contribution in [-0.2, 0) is 25.4 Å². The lowest BCUT2D eigenvalue weighted by molar-refractivity contribution is -0.169. The topological polar surface area (TPSA) is 36.9 Å². The van der Waals surface area contributed by atoms with Gasteiger partial charge in [0.15, 0.2) is 6.29 Å². The minimum absolute atomic E-state index is 0.107. The number of hydrogen-bond acceptors (Lipinski definition) is 4. The van der Waals surface area contributed by atoms with Crippen molar-refractivity contribution in [1.29, 1.82) is 0 Å². The average Bonchev–Trinajstić information content (AvgIpc) is 2.75. The van der Waals surface area contributed by atoms with Gasteiger partial charge in [-0.1, -0.05) is 17.7 Å². The number of hydrogen-bond donors (Lipinski definition) is 0. The maximum atomic E-state index is 6.49. The van der Waals surface area contributed by atoms with E-state index in [1.165, 1.54) is 0 Å². The summed E-state index contributed by atoms with van der Waals surface area (Å²) >= 11 is 6.49. The molecule has 0 radical (unpaired) electrons. The maximum Gasteiger partial charge on any atom is 0.496 e. The monoisotopic (exact) mass is 366 g/mol. The zero-order chi connectivity index (χ0) is 18.2. The summed E-state index contributed by atoms with van der Waals surface area (Å²) in [5.41, 5.74) is 2.26. The normalized spacial score (nSPS) is 25.4. The minimum atomic E-state index is -0.470. The Morgan fingerprint density at radius 1 is 1.16 bits per heavy atom. The lowest BCUT2D eigenvalue weighted by Gasteiger charge is -2.32. The van der Waals surface area contributed by atoms with E-state index in [9.17, 15) is 0 Å². The van der Waals surface area contributed by atoms with E-state index in [0.29, 0.717) is 11.6 Å². The Balaban J connectivity index is 1.76. The van der Waals surface area contributed by atoms with Crippen LogP contribution >= 0.6 is 11.6 Å². The number of aryl methyl sites for hydroxylation is 1. The van der Waals surface area contributed by atoms with E-state index in [0.717, 1.165) is 42.5 Å². The SMILES string of the molecule is Cc1cc(Cl)c(B2OC(C)(C)C(C)(C)O2)cc1COC1CCCCO1. The Hall–Kier alpha value is -0.585. The average molecular weight is 367 g/mol. The lowest BCUT2D eigenvalue weighted by atomic mass is 9.77. The molecule has 2 aliphatic rings. The van der Waals surface area contributed by atoms with E-state index >= 15 is 0 Å². The fourth-order valence-corrected chi connectivity index (χ4v) is 3.38. The molecule has 1 aromatic carbocycles. The molecule has 0 saturated carbocycles. The molecule has 0 aromatic heterocycles. The summed E-state index contributed by atoms with van der Waals surface area (Å²) in [5, 5.41) is 0.661. The molecule has 0 N–H and O–H groups in total. The van der Waals surface area contributed by atoms with Gasteiger partial charge in [-0.2, -0.15) is 0 Å². The Morgan fingerprint density at radius 3 is 2.44 bits per heavy atom. The molecule has 1 aromatic rings. The van der Waals surface area contributed by atoms with E-state index in [4.69, 9.17) is 30.4 Å². The Bertz CT molecular complexity index is 610. The van der Waals surface area contributed by atoms with E-state index in [-0.39, 0.29) is 6.29 Å². The van der Waals surface area contributed by atoms with Gasteiger partial charge in [0.2, 0.25) is 0 Å². The van der Waals surface area contributed by atoms with Crippen molar-refractivity contribution in [1.82, 2.24) is 0 Å². The van der Waals surface area contributed by atoms with E-state index in [1.807, 2.05) is 46.8 Å². The molecule has 2 heterocycles. The van der Waals surface area contributed by atoms with E-state index < -0.39 is 18.3 Å². The number of ether oxygens (including phenoxy) is 2. The highest BCUT2D eigenvalue weighted by atomic mass is 35.5. The van der Waals surface area contributed by atoms with Crippen molar-refractivity contribution in [2.45, 2.75) is 78.0 Å². The number of rotatable bonds is 4. The second kappa shape index (κ2) is 7.20. The summed E-state index contributed by atoms with van der Waals surface area (Å²) in [5.74, 6) is 0. The molecule has 4 nitrogen and oxygen atoms in total. The molecule has 0 spiro atoms. The standard InChI is InChI=1S/C19H28BClO4/c1-13-10-16(21)15(20-24-18(2,3)19(4,5)25-20)11-14(13)12-23-17-8-6-7-9-22-17/h10-11,17H,6-9,12H2,1-5H3. The van der Waals surface area contributed by atoms with Gasteiger partial charge in [-0.15, -0.1) is 0 Å². The van der Waals surface area contributed by atoms with Gasteiger partial charge in [-0.25, -0.2) is 0 Å². The zero-order valence-electron chi connectivity index (χ0n) is 15.9. The van der Waals surface area contributed by atoms with Crippen LogP contribution in [0, 0.1) is 6.92 Å². The van der Waals surface area contributed by atoms with Crippen molar-refractivity contribution in [2.75, 3.05) is 6.61 Å². The van der Waals surface area contributed by atoms with Crippen LogP contribution in [0.2, 0.25) is 5.02 Å². The van der Waals surface area contributed by atoms with Crippen molar-refractivity contribution in [3.05, 3.63) is 28.3 Å². The zero-order valence-corrected chi connectivity index (χ0v) is 16.6. The van der Waals surface area contributed by atoms with Crippen LogP contribution in [-0.4, -0.2) is 31.2 Å². The van der Waals surface area contributed by atoms with Crippen LogP contribution in [0.1, 0.15) is 58.1 Å². The van der Waals surface area contributed by atoms with Crippen LogP contribution in [0.5, 0.6) is 0 Å². The first-order valence-electron chi connectivity index (χ1n) is 9.07. The Kier molecular flexibility index (Phi) is 5.53. The highest BCUT2D eigenvalue weighted by Crippen LogP contribution is 2.37. The van der Waals surface area contributed by atoms with Crippen molar-refractivity contribution >= 4 is 24.2 Å². The second-order valence-electron chi connectivity index (χ2n) is 8.00. The molecule has 138 valence electrons. The van der Waals surface area contributed by atoms with E-state index in [2.05, 4.69) is 0 Å². The van der Waals surface area contributed by atoms with Crippen molar-refractivity contribution in [2.24, 2.45) is 0 Å². The van der Waals surface area contributed by atoms with Gasteiger partial charge in [0.25, 0.3) is 0 Å². The summed E-state index contributed by atoms with van der Waals surface area (Å²) in [4.78, 5) is 0. The number of halogens is 1. The molecule has 2 aliphatic heterocycles. The predicted molar refractivity (Wildman–Crippen MR) is 100 cm³/mol. The summed E-state index contributed by atoms with van der Waals surface area (Å²) in [6, 6.07) is 4.00. The molecule has 1 unspecified atom stereocenters. The molecule has 0 amide bonds. The first-order valence-corrected chi connectivity index (χ1v) is 9.45. The van der Waals surface area contributed by atoms with Crippen LogP contribution in [0.25, 0.3) is 0 Å². The highest BCUT2D eigenvalue weighted by molar-refractivity contribution is 6.65. The predicted octanol–water partition coefficient (Wildman–Crippen LogP) is 3.99. The van der Waals surface area contributed by atoms with Crippen molar-refractivity contribution in [3.63, 3.8) is 0 Å². The van der Waals surface area contributed by atoms with Gasteiger partial charge < -0.3 is 18.8 Å². The van der Waals surface area contributed by atoms with Gasteiger partial charge in [-0.05, 0) is 71.1 Å². The molecular weight excluding hydrogens is 338 g/mol. The molecule has 25 heavy (non-hydrogen) atoms. The highest BCUT2D eigenvalue weighted by Gasteiger charge is 2.52. The molecule has 2 saturated heterocycles. The molecule has 1 atom stereocenters. The largest absolute Gasteiger partial charge is 0.496 e. The van der Waals surface area contributed by atoms with E-state index in [1.54, 1.807) is 0 Å². The summed E-state index contributed by atoms with van der Waals surface area (Å²) < 4.78 is 23.9. The van der Waals surface area contributed by atoms with Crippen LogP contribution in [0.15, 0.2) is 12.1 Å². The maximum absolute atomic E-state index is 6.49. The van der Waals surface area contributed by atoms with Gasteiger partial charge in [0, 0.05) is 17.1 Å². The summed E-state index contributed by atoms with van der Waals surface area (Å²) in [6.45, 7) is 11.5. The first-order chi connectivity index (χ1) is 11.7. The molecule has 6 heteroatoms. The van der Waals surface area contributed by atoms with Crippen LogP contribution in [0.3, 0.4) is 0 Å². The third-order valence-corrected chi connectivity index (χ3v) is 5.85.